The number of nitrogens with zero attached hydrogens (tertiary/aromatic N) is 1. The molecule has 0 heterocycles. The number of rotatable bonds is 7. The van der Waals surface area contributed by atoms with Crippen molar-refractivity contribution < 1.29 is 23.4 Å². The van der Waals surface area contributed by atoms with Crippen LogP contribution in [0.15, 0.2) is 18.2 Å². The third kappa shape index (κ3) is 4.80. The first kappa shape index (κ1) is 18.4. The molecule has 1 atom stereocenters. The highest BCUT2D eigenvalue weighted by atomic mass is 19.3. The number of hydrogen-bond donors (Lipinski definition) is 2. The quantitative estimate of drug-likeness (QED) is 0.800. The Morgan fingerprint density at radius 2 is 2.25 bits per heavy atom. The van der Waals surface area contributed by atoms with Crippen molar-refractivity contribution in [2.24, 2.45) is 0 Å². The van der Waals surface area contributed by atoms with Crippen molar-refractivity contribution in [3.63, 3.8) is 0 Å². The highest BCUT2D eigenvalue weighted by Gasteiger charge is 2.24. The number of benzene rings is 1. The molecule has 1 unspecified atom stereocenters. The van der Waals surface area contributed by atoms with Crippen LogP contribution in [0, 0.1) is 0 Å². The topological polar surface area (TPSA) is 61.8 Å². The number of urea groups is 1. The molecule has 2 amide bonds. The number of carbonyl (C=O) groups excluding carboxylic acids is 1. The molecular formula is C17H24F2N2O3. The number of carbonyl (C=O) groups is 1. The van der Waals surface area contributed by atoms with Gasteiger partial charge in [0, 0.05) is 13.1 Å². The predicted molar refractivity (Wildman–Crippen MR) is 86.2 cm³/mol. The fourth-order valence-electron chi connectivity index (χ4n) is 3.06. The summed E-state index contributed by atoms with van der Waals surface area (Å²) in [5.74, 6) is 0.142. The minimum atomic E-state index is -2.84. The molecule has 0 radical (unpaired) electrons. The summed E-state index contributed by atoms with van der Waals surface area (Å²) in [5, 5.41) is 12.1. The number of hydrogen-bond acceptors (Lipinski definition) is 3. The maximum absolute atomic E-state index is 12.4. The van der Waals surface area contributed by atoms with Gasteiger partial charge in [-0.2, -0.15) is 8.78 Å². The number of halogens is 2. The van der Waals surface area contributed by atoms with Crippen molar-refractivity contribution in [2.75, 3.05) is 19.7 Å². The number of amides is 2. The van der Waals surface area contributed by atoms with E-state index in [0.717, 1.165) is 36.8 Å². The Bertz CT molecular complexity index is 549. The summed E-state index contributed by atoms with van der Waals surface area (Å²) in [6.45, 7) is -0.0856. The van der Waals surface area contributed by atoms with Gasteiger partial charge in [-0.05, 0) is 48.9 Å². The number of nitrogens with one attached hydrogen (secondary N) is 1. The van der Waals surface area contributed by atoms with Gasteiger partial charge in [0.25, 0.3) is 0 Å². The highest BCUT2D eigenvalue weighted by molar-refractivity contribution is 5.75. The van der Waals surface area contributed by atoms with Crippen LogP contribution >= 0.6 is 0 Å². The van der Waals surface area contributed by atoms with Crippen LogP contribution in [-0.4, -0.2) is 42.3 Å². The van der Waals surface area contributed by atoms with E-state index >= 15 is 0 Å². The molecule has 0 saturated carbocycles. The van der Waals surface area contributed by atoms with Crippen LogP contribution in [0.1, 0.15) is 43.4 Å². The molecule has 0 spiro atoms. The molecular weight excluding hydrogens is 318 g/mol. The molecule has 1 aliphatic rings. The summed E-state index contributed by atoms with van der Waals surface area (Å²) < 4.78 is 29.1. The number of fused-ring (bicyclic) bond motifs is 1. The molecule has 1 aromatic rings. The summed E-state index contributed by atoms with van der Waals surface area (Å²) in [7, 11) is 0. The summed E-state index contributed by atoms with van der Waals surface area (Å²) >= 11 is 0. The first-order valence-corrected chi connectivity index (χ1v) is 8.29. The molecule has 1 aromatic carbocycles. The molecule has 0 saturated heterocycles. The molecule has 0 aromatic heterocycles. The van der Waals surface area contributed by atoms with Gasteiger partial charge < -0.3 is 20.1 Å². The van der Waals surface area contributed by atoms with Crippen molar-refractivity contribution in [1.82, 2.24) is 10.2 Å². The van der Waals surface area contributed by atoms with Gasteiger partial charge in [-0.1, -0.05) is 13.0 Å². The lowest BCUT2D eigenvalue weighted by molar-refractivity contribution is -0.0499. The van der Waals surface area contributed by atoms with Crippen LogP contribution in [0.2, 0.25) is 0 Å². The third-order valence-electron chi connectivity index (χ3n) is 4.10. The summed E-state index contributed by atoms with van der Waals surface area (Å²) in [4.78, 5) is 14.0. The van der Waals surface area contributed by atoms with E-state index in [4.69, 9.17) is 5.11 Å². The average molecular weight is 342 g/mol. The fourth-order valence-corrected chi connectivity index (χ4v) is 3.06. The van der Waals surface area contributed by atoms with Crippen LogP contribution < -0.4 is 10.1 Å². The zero-order valence-corrected chi connectivity index (χ0v) is 13.8. The van der Waals surface area contributed by atoms with Crippen molar-refractivity contribution in [2.45, 2.75) is 45.3 Å². The third-order valence-corrected chi connectivity index (χ3v) is 4.10. The van der Waals surface area contributed by atoms with Crippen molar-refractivity contribution in [3.05, 3.63) is 29.3 Å². The number of ether oxygens (including phenoxy) is 1. The molecule has 0 bridgehead atoms. The maximum Gasteiger partial charge on any atom is 0.387 e. The summed E-state index contributed by atoms with van der Waals surface area (Å²) in [6, 6.07) is 4.51. The molecule has 2 rings (SSSR count). The van der Waals surface area contributed by atoms with E-state index in [0.29, 0.717) is 13.1 Å². The molecule has 5 nitrogen and oxygen atoms in total. The van der Waals surface area contributed by atoms with Gasteiger partial charge in [0.15, 0.2) is 0 Å². The van der Waals surface area contributed by atoms with Crippen molar-refractivity contribution in [1.29, 1.82) is 0 Å². The second-order valence-electron chi connectivity index (χ2n) is 5.84. The van der Waals surface area contributed by atoms with Crippen LogP contribution in [0.25, 0.3) is 0 Å². The fraction of sp³-hybridized carbons (Fsp3) is 0.588. The lowest BCUT2D eigenvalue weighted by atomic mass is 9.87. The number of aliphatic hydroxyl groups is 1. The Hall–Kier alpha value is -1.89. The SMILES string of the molecule is CCCN(CCO)C(=O)NC1CCCc2cc(OC(F)F)ccc21. The van der Waals surface area contributed by atoms with Gasteiger partial charge in [-0.25, -0.2) is 4.79 Å². The molecule has 0 aliphatic heterocycles. The first-order chi connectivity index (χ1) is 11.5. The minimum Gasteiger partial charge on any atom is -0.435 e. The largest absolute Gasteiger partial charge is 0.435 e. The van der Waals surface area contributed by atoms with Crippen LogP contribution in [0.3, 0.4) is 0 Å². The monoisotopic (exact) mass is 342 g/mol. The second kappa shape index (κ2) is 8.82. The molecule has 134 valence electrons. The zero-order chi connectivity index (χ0) is 17.5. The van der Waals surface area contributed by atoms with Gasteiger partial charge in [0.2, 0.25) is 0 Å². The lowest BCUT2D eigenvalue weighted by Crippen LogP contribution is -2.44. The van der Waals surface area contributed by atoms with Crippen molar-refractivity contribution >= 4 is 6.03 Å². The minimum absolute atomic E-state index is 0.0804. The van der Waals surface area contributed by atoms with E-state index in [1.165, 1.54) is 6.07 Å². The lowest BCUT2D eigenvalue weighted by Gasteiger charge is -2.30. The zero-order valence-electron chi connectivity index (χ0n) is 13.8. The highest BCUT2D eigenvalue weighted by Crippen LogP contribution is 2.32. The Kier molecular flexibility index (Phi) is 6.78. The summed E-state index contributed by atoms with van der Waals surface area (Å²) in [6.07, 6.45) is 3.25. The number of alkyl halides is 2. The first-order valence-electron chi connectivity index (χ1n) is 8.29. The Morgan fingerprint density at radius 1 is 1.46 bits per heavy atom. The van der Waals surface area contributed by atoms with E-state index in [1.807, 2.05) is 6.92 Å². The normalized spacial score (nSPS) is 16.6. The van der Waals surface area contributed by atoms with Gasteiger partial charge in [-0.3, -0.25) is 0 Å². The average Bonchev–Trinajstić information content (AvgIpc) is 2.54. The molecule has 1 aliphatic carbocycles. The van der Waals surface area contributed by atoms with Gasteiger partial charge in [0.1, 0.15) is 5.75 Å². The predicted octanol–water partition coefficient (Wildman–Crippen LogP) is 3.08. The standard InChI is InChI=1S/C17H24F2N2O3/c1-2-8-21(9-10-22)17(23)20-15-5-3-4-12-11-13(24-16(18)19)6-7-14(12)15/h6-7,11,15-16,22H,2-5,8-10H2,1H3,(H,20,23). The van der Waals surface area contributed by atoms with Crippen molar-refractivity contribution in [3.8, 4) is 5.75 Å². The van der Waals surface area contributed by atoms with E-state index in [-0.39, 0.29) is 24.4 Å². The number of aryl methyl sites for hydroxylation is 1. The molecule has 24 heavy (non-hydrogen) atoms. The van der Waals surface area contributed by atoms with Gasteiger partial charge in [0.05, 0.1) is 12.6 Å². The van der Waals surface area contributed by atoms with Crippen LogP contribution in [0.4, 0.5) is 13.6 Å². The molecule has 7 heteroatoms. The molecule has 2 N–H and O–H groups in total. The molecule has 0 fully saturated rings. The Morgan fingerprint density at radius 3 is 2.92 bits per heavy atom. The van der Waals surface area contributed by atoms with Crippen LogP contribution in [0.5, 0.6) is 5.75 Å². The van der Waals surface area contributed by atoms with E-state index in [9.17, 15) is 13.6 Å². The van der Waals surface area contributed by atoms with Gasteiger partial charge in [-0.15, -0.1) is 0 Å². The summed E-state index contributed by atoms with van der Waals surface area (Å²) in [5.41, 5.74) is 1.87. The maximum atomic E-state index is 12.4. The smallest absolute Gasteiger partial charge is 0.387 e. The van der Waals surface area contributed by atoms with E-state index in [1.54, 1.807) is 17.0 Å². The Balaban J connectivity index is 2.09. The van der Waals surface area contributed by atoms with E-state index in [2.05, 4.69) is 10.1 Å². The van der Waals surface area contributed by atoms with Crippen LogP contribution in [-0.2, 0) is 6.42 Å². The number of aliphatic hydroxyl groups excluding tert-OH is 1. The Labute approximate surface area is 140 Å². The second-order valence-corrected chi connectivity index (χ2v) is 5.84. The van der Waals surface area contributed by atoms with E-state index < -0.39 is 6.61 Å². The van der Waals surface area contributed by atoms with Gasteiger partial charge >= 0.3 is 12.6 Å².